The maximum atomic E-state index is 5.87. The van der Waals surface area contributed by atoms with Gasteiger partial charge in [0.1, 0.15) is 0 Å². The van der Waals surface area contributed by atoms with Gasteiger partial charge < -0.3 is 10.6 Å². The zero-order valence-corrected chi connectivity index (χ0v) is 11.5. The van der Waals surface area contributed by atoms with Crippen molar-refractivity contribution in [2.24, 2.45) is 5.73 Å². The molecule has 0 radical (unpaired) electrons. The molecule has 1 aliphatic rings. The molecular weight excluding hydrogens is 302 g/mol. The zero-order chi connectivity index (χ0) is 11.8. The Hall–Kier alpha value is -0.920. The molecule has 1 unspecified atom stereocenters. The van der Waals surface area contributed by atoms with Crippen LogP contribution in [0, 0.1) is 0 Å². The predicted molar refractivity (Wildman–Crippen MR) is 72.2 cm³/mol. The number of rotatable bonds is 2. The molecule has 3 N–H and O–H groups in total. The van der Waals surface area contributed by atoms with Crippen molar-refractivity contribution in [3.8, 4) is 11.4 Å². The maximum Gasteiger partial charge on any atom is 0.245 e. The number of anilines is 1. The van der Waals surface area contributed by atoms with Crippen molar-refractivity contribution in [3.05, 3.63) is 15.2 Å². The number of aromatic amines is 1. The van der Waals surface area contributed by atoms with E-state index in [-0.39, 0.29) is 6.04 Å². The highest BCUT2D eigenvalue weighted by Gasteiger charge is 2.22. The van der Waals surface area contributed by atoms with Crippen molar-refractivity contribution in [1.29, 1.82) is 0 Å². The lowest BCUT2D eigenvalue weighted by molar-refractivity contribution is 0.750. The van der Waals surface area contributed by atoms with Gasteiger partial charge in [-0.2, -0.15) is 4.98 Å². The summed E-state index contributed by atoms with van der Waals surface area (Å²) in [6, 6.07) is 2.28. The first kappa shape index (κ1) is 11.2. The lowest BCUT2D eigenvalue weighted by Gasteiger charge is -2.11. The summed E-state index contributed by atoms with van der Waals surface area (Å²) in [4.78, 5) is 6.62. The molecule has 2 aromatic heterocycles. The summed E-state index contributed by atoms with van der Waals surface area (Å²) in [5, 5.41) is 9.26. The second-order valence-corrected chi connectivity index (χ2v) is 6.41. The number of nitrogens with two attached hydrogens (primary N) is 1. The first-order chi connectivity index (χ1) is 8.22. The molecule has 0 aromatic carbocycles. The Morgan fingerprint density at radius 2 is 2.47 bits per heavy atom. The Morgan fingerprint density at radius 1 is 1.59 bits per heavy atom. The highest BCUT2D eigenvalue weighted by atomic mass is 79.9. The van der Waals surface area contributed by atoms with Crippen LogP contribution in [0.25, 0.3) is 11.4 Å². The smallest absolute Gasteiger partial charge is 0.245 e. The van der Waals surface area contributed by atoms with Gasteiger partial charge in [0, 0.05) is 30.1 Å². The summed E-state index contributed by atoms with van der Waals surface area (Å²) in [5.74, 6) is 1.55. The molecule has 1 atom stereocenters. The van der Waals surface area contributed by atoms with E-state index < -0.39 is 0 Å². The number of hydrogen-bond donors (Lipinski definition) is 2. The van der Waals surface area contributed by atoms with Crippen LogP contribution in [0.4, 0.5) is 5.95 Å². The summed E-state index contributed by atoms with van der Waals surface area (Å²) in [6.07, 6.45) is 1.01. The summed E-state index contributed by atoms with van der Waals surface area (Å²) < 4.78 is 1.09. The van der Waals surface area contributed by atoms with Gasteiger partial charge in [-0.15, -0.1) is 16.4 Å². The Balaban J connectivity index is 1.83. The van der Waals surface area contributed by atoms with Gasteiger partial charge in [-0.05, 0) is 28.4 Å². The molecule has 0 amide bonds. The lowest BCUT2D eigenvalue weighted by atomic mass is 10.3. The molecule has 0 saturated carbocycles. The Labute approximate surface area is 111 Å². The highest BCUT2D eigenvalue weighted by molar-refractivity contribution is 9.11. The van der Waals surface area contributed by atoms with Gasteiger partial charge >= 0.3 is 0 Å². The average Bonchev–Trinajstić information content (AvgIpc) is 2.96. The van der Waals surface area contributed by atoms with E-state index in [1.54, 1.807) is 11.3 Å². The number of nitrogens with zero attached hydrogens (tertiary/aromatic N) is 3. The summed E-state index contributed by atoms with van der Waals surface area (Å²) in [5.41, 5.74) is 6.93. The molecule has 90 valence electrons. The average molecular weight is 314 g/mol. The normalized spacial score (nSPS) is 20.1. The maximum absolute atomic E-state index is 5.87. The first-order valence-corrected chi connectivity index (χ1v) is 7.07. The molecule has 1 fully saturated rings. The third-order valence-electron chi connectivity index (χ3n) is 2.82. The van der Waals surface area contributed by atoms with E-state index in [1.165, 1.54) is 0 Å². The zero-order valence-electron chi connectivity index (χ0n) is 9.06. The topological polar surface area (TPSA) is 70.8 Å². The fourth-order valence-electron chi connectivity index (χ4n) is 1.93. The molecule has 0 aliphatic carbocycles. The minimum atomic E-state index is 0.243. The van der Waals surface area contributed by atoms with Gasteiger partial charge in [-0.1, -0.05) is 0 Å². The van der Waals surface area contributed by atoms with Crippen LogP contribution >= 0.6 is 27.3 Å². The number of H-pyrrole nitrogens is 1. The van der Waals surface area contributed by atoms with Crippen molar-refractivity contribution < 1.29 is 0 Å². The highest BCUT2D eigenvalue weighted by Crippen LogP contribution is 2.28. The monoisotopic (exact) mass is 313 g/mol. The van der Waals surface area contributed by atoms with Crippen LogP contribution in [-0.2, 0) is 0 Å². The molecule has 1 saturated heterocycles. The van der Waals surface area contributed by atoms with Gasteiger partial charge in [-0.25, -0.2) is 0 Å². The Kier molecular flexibility index (Phi) is 2.89. The number of thiophene rings is 1. The standard InChI is InChI=1S/C10H12BrN5S/c11-8-3-6(5-17-8)9-13-10(15-14-9)16-2-1-7(12)4-16/h3,5,7H,1-2,4,12H2,(H,13,14,15). The van der Waals surface area contributed by atoms with E-state index in [9.17, 15) is 0 Å². The van der Waals surface area contributed by atoms with Gasteiger partial charge in [0.15, 0.2) is 5.82 Å². The molecule has 3 rings (SSSR count). The van der Waals surface area contributed by atoms with Crippen molar-refractivity contribution in [1.82, 2.24) is 15.2 Å². The van der Waals surface area contributed by atoms with Gasteiger partial charge in [-0.3, -0.25) is 5.10 Å². The van der Waals surface area contributed by atoms with E-state index in [1.807, 2.05) is 11.4 Å². The number of aromatic nitrogens is 3. The van der Waals surface area contributed by atoms with Crippen LogP contribution in [-0.4, -0.2) is 34.3 Å². The van der Waals surface area contributed by atoms with Crippen LogP contribution in [0.3, 0.4) is 0 Å². The minimum absolute atomic E-state index is 0.243. The fraction of sp³-hybridized carbons (Fsp3) is 0.400. The largest absolute Gasteiger partial charge is 0.338 e. The second-order valence-electron chi connectivity index (χ2n) is 4.12. The van der Waals surface area contributed by atoms with Crippen LogP contribution in [0.15, 0.2) is 15.2 Å². The van der Waals surface area contributed by atoms with E-state index in [4.69, 9.17) is 5.73 Å². The summed E-state index contributed by atoms with van der Waals surface area (Å²) in [6.45, 7) is 1.77. The third kappa shape index (κ3) is 2.22. The van der Waals surface area contributed by atoms with E-state index in [0.717, 1.165) is 40.6 Å². The molecule has 1 aliphatic heterocycles. The van der Waals surface area contributed by atoms with Gasteiger partial charge in [0.2, 0.25) is 5.95 Å². The molecule has 5 nitrogen and oxygen atoms in total. The lowest BCUT2D eigenvalue weighted by Crippen LogP contribution is -2.26. The number of hydrogen-bond acceptors (Lipinski definition) is 5. The van der Waals surface area contributed by atoms with Crippen LogP contribution in [0.2, 0.25) is 0 Å². The first-order valence-electron chi connectivity index (χ1n) is 5.40. The molecule has 17 heavy (non-hydrogen) atoms. The van der Waals surface area contributed by atoms with E-state index >= 15 is 0 Å². The molecule has 7 heteroatoms. The van der Waals surface area contributed by atoms with Gasteiger partial charge in [0.25, 0.3) is 0 Å². The summed E-state index contributed by atoms with van der Waals surface area (Å²) >= 11 is 5.08. The van der Waals surface area contributed by atoms with Crippen molar-refractivity contribution in [3.63, 3.8) is 0 Å². The predicted octanol–water partition coefficient (Wildman–Crippen LogP) is 1.83. The van der Waals surface area contributed by atoms with Crippen LogP contribution in [0.5, 0.6) is 0 Å². The molecule has 3 heterocycles. The second kappa shape index (κ2) is 4.40. The van der Waals surface area contributed by atoms with E-state index in [0.29, 0.717) is 0 Å². The van der Waals surface area contributed by atoms with E-state index in [2.05, 4.69) is 36.0 Å². The van der Waals surface area contributed by atoms with Crippen LogP contribution in [0.1, 0.15) is 6.42 Å². The third-order valence-corrected chi connectivity index (χ3v) is 4.33. The van der Waals surface area contributed by atoms with Crippen molar-refractivity contribution >= 4 is 33.2 Å². The molecule has 2 aromatic rings. The van der Waals surface area contributed by atoms with Crippen LogP contribution < -0.4 is 10.6 Å². The molecular formula is C10H12BrN5S. The number of nitrogens with one attached hydrogen (secondary N) is 1. The van der Waals surface area contributed by atoms with Crippen molar-refractivity contribution in [2.45, 2.75) is 12.5 Å². The SMILES string of the molecule is NC1CCN(c2n[nH]c(-c3csc(Br)c3)n2)C1. The molecule has 0 spiro atoms. The minimum Gasteiger partial charge on any atom is -0.338 e. The molecule has 0 bridgehead atoms. The van der Waals surface area contributed by atoms with Gasteiger partial charge in [0.05, 0.1) is 3.79 Å². The quantitative estimate of drug-likeness (QED) is 0.887. The summed E-state index contributed by atoms with van der Waals surface area (Å²) in [7, 11) is 0. The fourth-order valence-corrected chi connectivity index (χ4v) is 3.07. The van der Waals surface area contributed by atoms with Crippen molar-refractivity contribution in [2.75, 3.05) is 18.0 Å². The number of halogens is 1. The Bertz CT molecular complexity index is 522. The Morgan fingerprint density at radius 3 is 3.12 bits per heavy atom.